The van der Waals surface area contributed by atoms with Crippen molar-refractivity contribution in [2.45, 2.75) is 65.2 Å². The molecule has 2 aromatic rings. The number of anilines is 1. The number of hydrogen-bond acceptors (Lipinski definition) is 3. The van der Waals surface area contributed by atoms with E-state index >= 15 is 0 Å². The van der Waals surface area contributed by atoms with E-state index in [9.17, 15) is 13.2 Å². The molecular formula is C25H34N2O3S. The van der Waals surface area contributed by atoms with Crippen molar-refractivity contribution in [3.63, 3.8) is 0 Å². The molecule has 1 aliphatic heterocycles. The van der Waals surface area contributed by atoms with Gasteiger partial charge in [0.1, 0.15) is 0 Å². The Morgan fingerprint density at radius 2 is 1.65 bits per heavy atom. The Kier molecular flexibility index (Phi) is 7.22. The Bertz CT molecular complexity index is 1030. The van der Waals surface area contributed by atoms with Crippen molar-refractivity contribution in [2.75, 3.05) is 18.4 Å². The lowest BCUT2D eigenvalue weighted by Gasteiger charge is -2.32. The van der Waals surface area contributed by atoms with E-state index in [0.717, 1.165) is 46.3 Å². The number of piperidine rings is 1. The molecule has 1 N–H and O–H groups in total. The Hall–Kier alpha value is -2.18. The quantitative estimate of drug-likeness (QED) is 0.700. The van der Waals surface area contributed by atoms with Crippen LogP contribution in [0.25, 0.3) is 0 Å². The lowest BCUT2D eigenvalue weighted by atomic mass is 9.97. The van der Waals surface area contributed by atoms with Gasteiger partial charge in [-0.15, -0.1) is 0 Å². The molecule has 0 aromatic heterocycles. The van der Waals surface area contributed by atoms with Crippen molar-refractivity contribution in [1.29, 1.82) is 0 Å². The van der Waals surface area contributed by atoms with Crippen LogP contribution < -0.4 is 5.32 Å². The highest BCUT2D eigenvalue weighted by Gasteiger charge is 2.35. The maximum Gasteiger partial charge on any atom is 0.243 e. The fraction of sp³-hybridized carbons (Fsp3) is 0.480. The first kappa shape index (κ1) is 23.5. The van der Waals surface area contributed by atoms with E-state index in [1.807, 2.05) is 51.1 Å². The van der Waals surface area contributed by atoms with Crippen molar-refractivity contribution < 1.29 is 13.2 Å². The molecule has 31 heavy (non-hydrogen) atoms. The molecule has 1 aliphatic rings. The van der Waals surface area contributed by atoms with Crippen LogP contribution in [-0.2, 0) is 27.7 Å². The minimum atomic E-state index is -3.65. The topological polar surface area (TPSA) is 66.5 Å². The number of nitrogens with zero attached hydrogens (tertiary/aromatic N) is 1. The van der Waals surface area contributed by atoms with E-state index < -0.39 is 10.0 Å². The van der Waals surface area contributed by atoms with Crippen LogP contribution >= 0.6 is 0 Å². The van der Waals surface area contributed by atoms with Gasteiger partial charge in [0.2, 0.25) is 15.9 Å². The Balaban J connectivity index is 1.84. The molecule has 1 fully saturated rings. The van der Waals surface area contributed by atoms with Gasteiger partial charge in [0, 0.05) is 18.8 Å². The number of para-hydroxylation sites is 1. The van der Waals surface area contributed by atoms with Crippen LogP contribution in [0.1, 0.15) is 54.5 Å². The van der Waals surface area contributed by atoms with Crippen molar-refractivity contribution >= 4 is 21.6 Å². The van der Waals surface area contributed by atoms with Crippen molar-refractivity contribution in [3.8, 4) is 0 Å². The monoisotopic (exact) mass is 442 g/mol. The van der Waals surface area contributed by atoms with E-state index in [1.54, 1.807) is 0 Å². The van der Waals surface area contributed by atoms with Gasteiger partial charge < -0.3 is 5.32 Å². The number of aryl methyl sites for hydroxylation is 5. The fourth-order valence-electron chi connectivity index (χ4n) is 4.71. The molecule has 0 spiro atoms. The van der Waals surface area contributed by atoms with Crippen LogP contribution in [0.3, 0.4) is 0 Å². The number of carbonyl (C=O) groups excluding carboxylic acids is 1. The maximum atomic E-state index is 13.5. The van der Waals surface area contributed by atoms with Gasteiger partial charge in [-0.1, -0.05) is 49.7 Å². The van der Waals surface area contributed by atoms with Gasteiger partial charge in [0.15, 0.2) is 0 Å². The van der Waals surface area contributed by atoms with Crippen LogP contribution in [0.2, 0.25) is 0 Å². The summed E-state index contributed by atoms with van der Waals surface area (Å²) in [4.78, 5) is 13.5. The van der Waals surface area contributed by atoms with Crippen LogP contribution in [0.15, 0.2) is 35.2 Å². The van der Waals surface area contributed by atoms with Crippen molar-refractivity contribution in [3.05, 3.63) is 58.1 Å². The molecular weight excluding hydrogens is 408 g/mol. The molecule has 5 nitrogen and oxygen atoms in total. The molecule has 0 saturated carbocycles. The number of sulfonamides is 1. The Morgan fingerprint density at radius 3 is 2.19 bits per heavy atom. The summed E-state index contributed by atoms with van der Waals surface area (Å²) in [5, 5.41) is 3.13. The van der Waals surface area contributed by atoms with E-state index in [1.165, 1.54) is 4.31 Å². The first-order chi connectivity index (χ1) is 14.7. The molecule has 6 heteroatoms. The first-order valence-corrected chi connectivity index (χ1v) is 12.6. The fourth-order valence-corrected chi connectivity index (χ4v) is 6.64. The van der Waals surface area contributed by atoms with E-state index in [-0.39, 0.29) is 18.4 Å². The number of nitrogens with one attached hydrogen (secondary N) is 1. The average Bonchev–Trinajstić information content (AvgIpc) is 2.73. The molecule has 1 saturated heterocycles. The first-order valence-electron chi connectivity index (χ1n) is 11.2. The lowest BCUT2D eigenvalue weighted by molar-refractivity contribution is -0.120. The number of rotatable bonds is 6. The average molecular weight is 443 g/mol. The van der Waals surface area contributed by atoms with Gasteiger partial charge in [0.25, 0.3) is 0 Å². The molecule has 0 unspecified atom stereocenters. The number of hydrogen-bond donors (Lipinski definition) is 1. The number of benzene rings is 2. The summed E-state index contributed by atoms with van der Waals surface area (Å²) >= 11 is 0. The van der Waals surface area contributed by atoms with E-state index in [4.69, 9.17) is 0 Å². The van der Waals surface area contributed by atoms with Crippen LogP contribution in [0.5, 0.6) is 0 Å². The number of carbonyl (C=O) groups is 1. The molecule has 168 valence electrons. The largest absolute Gasteiger partial charge is 0.325 e. The van der Waals surface area contributed by atoms with Crippen LogP contribution in [0, 0.1) is 26.7 Å². The van der Waals surface area contributed by atoms with Gasteiger partial charge in [-0.05, 0) is 68.7 Å². The molecule has 3 rings (SSSR count). The third-order valence-electron chi connectivity index (χ3n) is 6.20. The zero-order valence-electron chi connectivity index (χ0n) is 19.3. The zero-order chi connectivity index (χ0) is 22.8. The summed E-state index contributed by atoms with van der Waals surface area (Å²) in [6.45, 7) is 10.5. The van der Waals surface area contributed by atoms with E-state index in [0.29, 0.717) is 24.3 Å². The summed E-state index contributed by atoms with van der Waals surface area (Å²) in [7, 11) is -3.65. The highest BCUT2D eigenvalue weighted by atomic mass is 32.2. The predicted molar refractivity (Wildman–Crippen MR) is 126 cm³/mol. The van der Waals surface area contributed by atoms with Crippen molar-refractivity contribution in [1.82, 2.24) is 4.31 Å². The Labute approximate surface area is 186 Å². The van der Waals surface area contributed by atoms with Gasteiger partial charge in [0.05, 0.1) is 10.8 Å². The second kappa shape index (κ2) is 9.53. The molecule has 0 radical (unpaired) electrons. The van der Waals surface area contributed by atoms with Gasteiger partial charge in [-0.3, -0.25) is 4.79 Å². The Morgan fingerprint density at radius 1 is 1.06 bits per heavy atom. The third kappa shape index (κ3) is 4.85. The van der Waals surface area contributed by atoms with Gasteiger partial charge in [-0.2, -0.15) is 4.31 Å². The van der Waals surface area contributed by atoms with Crippen LogP contribution in [0.4, 0.5) is 5.69 Å². The van der Waals surface area contributed by atoms with Gasteiger partial charge >= 0.3 is 0 Å². The third-order valence-corrected chi connectivity index (χ3v) is 8.38. The SMILES string of the molecule is CCc1cccc(CC)c1NC(=O)[C@@H]1CCCN(S(=O)(=O)c2c(C)cc(C)cc2C)C1. The maximum absolute atomic E-state index is 13.5. The smallest absolute Gasteiger partial charge is 0.243 e. The summed E-state index contributed by atoms with van der Waals surface area (Å²) < 4.78 is 28.4. The normalized spacial score (nSPS) is 17.5. The summed E-state index contributed by atoms with van der Waals surface area (Å²) in [5.74, 6) is -0.447. The minimum absolute atomic E-state index is 0.0900. The molecule has 0 bridgehead atoms. The summed E-state index contributed by atoms with van der Waals surface area (Å²) in [6, 6.07) is 9.91. The van der Waals surface area contributed by atoms with E-state index in [2.05, 4.69) is 19.2 Å². The summed E-state index contributed by atoms with van der Waals surface area (Å²) in [6.07, 6.45) is 3.04. The zero-order valence-corrected chi connectivity index (χ0v) is 20.1. The molecule has 0 aliphatic carbocycles. The minimum Gasteiger partial charge on any atom is -0.325 e. The lowest BCUT2D eigenvalue weighted by Crippen LogP contribution is -2.44. The second-order valence-electron chi connectivity index (χ2n) is 8.58. The highest BCUT2D eigenvalue weighted by Crippen LogP contribution is 2.30. The molecule has 1 atom stereocenters. The molecule has 1 heterocycles. The second-order valence-corrected chi connectivity index (χ2v) is 10.5. The van der Waals surface area contributed by atoms with Crippen LogP contribution in [-0.4, -0.2) is 31.7 Å². The van der Waals surface area contributed by atoms with Crippen molar-refractivity contribution in [2.24, 2.45) is 5.92 Å². The molecule has 2 aromatic carbocycles. The molecule has 1 amide bonds. The van der Waals surface area contributed by atoms with Gasteiger partial charge in [-0.25, -0.2) is 8.42 Å². The highest BCUT2D eigenvalue weighted by molar-refractivity contribution is 7.89. The number of amides is 1. The predicted octanol–water partition coefficient (Wildman–Crippen LogP) is 4.78. The standard InChI is InChI=1S/C25H34N2O3S/c1-6-20-10-8-11-21(7-2)23(20)26-25(28)22-12-9-13-27(16-22)31(29,30)24-18(4)14-17(3)15-19(24)5/h8,10-11,14-15,22H,6-7,9,12-13,16H2,1-5H3,(H,26,28)/t22-/m1/s1. The summed E-state index contributed by atoms with van der Waals surface area (Å²) in [5.41, 5.74) is 5.67.